The van der Waals surface area contributed by atoms with Gasteiger partial charge >= 0.3 is 0 Å². The molecule has 7 heteroatoms. The quantitative estimate of drug-likeness (QED) is 0.633. The van der Waals surface area contributed by atoms with Crippen molar-refractivity contribution >= 4 is 11.8 Å². The molecule has 3 rings (SSSR count). The van der Waals surface area contributed by atoms with Crippen molar-refractivity contribution in [3.05, 3.63) is 60.2 Å². The summed E-state index contributed by atoms with van der Waals surface area (Å²) < 4.78 is 11.4. The lowest BCUT2D eigenvalue weighted by Gasteiger charge is -2.35. The van der Waals surface area contributed by atoms with Crippen LogP contribution in [-0.2, 0) is 16.1 Å². The van der Waals surface area contributed by atoms with Crippen LogP contribution in [0, 0.1) is 0 Å². The monoisotopic (exact) mass is 425 g/mol. The Balaban J connectivity index is 1.58. The molecule has 31 heavy (non-hydrogen) atoms. The van der Waals surface area contributed by atoms with E-state index in [1.807, 2.05) is 61.5 Å². The van der Waals surface area contributed by atoms with Gasteiger partial charge in [0.1, 0.15) is 18.1 Å². The van der Waals surface area contributed by atoms with Crippen LogP contribution in [0.4, 0.5) is 0 Å². The van der Waals surface area contributed by atoms with E-state index < -0.39 is 6.04 Å². The minimum Gasteiger partial charge on any atom is -0.494 e. The Morgan fingerprint density at radius 3 is 2.65 bits per heavy atom. The van der Waals surface area contributed by atoms with Crippen molar-refractivity contribution in [2.75, 3.05) is 39.9 Å². The van der Waals surface area contributed by atoms with Crippen molar-refractivity contribution in [2.45, 2.75) is 25.9 Å². The molecule has 166 valence electrons. The zero-order valence-electron chi connectivity index (χ0n) is 18.3. The van der Waals surface area contributed by atoms with Gasteiger partial charge in [0.2, 0.25) is 11.8 Å². The first-order chi connectivity index (χ1) is 15.1. The molecular formula is C24H31N3O4. The summed E-state index contributed by atoms with van der Waals surface area (Å²) in [7, 11) is 1.74. The fraction of sp³-hybridized carbons (Fsp3) is 0.417. The number of carbonyl (C=O) groups is 2. The maximum absolute atomic E-state index is 12.8. The third kappa shape index (κ3) is 6.46. The average molecular weight is 426 g/mol. The number of benzene rings is 2. The van der Waals surface area contributed by atoms with Crippen molar-refractivity contribution in [3.63, 3.8) is 0 Å². The van der Waals surface area contributed by atoms with Gasteiger partial charge in [0.05, 0.1) is 25.6 Å². The van der Waals surface area contributed by atoms with Crippen LogP contribution >= 0.6 is 0 Å². The number of nitrogens with one attached hydrogen (secondary N) is 1. The molecule has 2 aromatic carbocycles. The second-order valence-corrected chi connectivity index (χ2v) is 7.50. The van der Waals surface area contributed by atoms with Crippen LogP contribution in [0.2, 0.25) is 0 Å². The van der Waals surface area contributed by atoms with Gasteiger partial charge < -0.3 is 19.7 Å². The van der Waals surface area contributed by atoms with Crippen molar-refractivity contribution in [2.24, 2.45) is 0 Å². The summed E-state index contributed by atoms with van der Waals surface area (Å²) in [5.41, 5.74) is 1.01. The van der Waals surface area contributed by atoms with E-state index in [1.54, 1.807) is 11.9 Å². The molecule has 0 radical (unpaired) electrons. The van der Waals surface area contributed by atoms with Crippen LogP contribution in [-0.4, -0.2) is 67.6 Å². The molecule has 0 saturated carbocycles. The molecule has 1 heterocycles. The van der Waals surface area contributed by atoms with Gasteiger partial charge in [-0.3, -0.25) is 14.5 Å². The Morgan fingerprint density at radius 2 is 1.87 bits per heavy atom. The van der Waals surface area contributed by atoms with Crippen LogP contribution in [0.1, 0.15) is 18.9 Å². The van der Waals surface area contributed by atoms with Gasteiger partial charge in [-0.15, -0.1) is 0 Å². The highest BCUT2D eigenvalue weighted by Crippen LogP contribution is 2.22. The molecule has 1 fully saturated rings. The number of rotatable bonds is 10. The number of nitrogens with zero attached hydrogens (tertiary/aromatic N) is 2. The zero-order valence-corrected chi connectivity index (χ0v) is 18.3. The third-order valence-corrected chi connectivity index (χ3v) is 5.32. The fourth-order valence-electron chi connectivity index (χ4n) is 3.59. The molecule has 0 aliphatic carbocycles. The molecule has 1 aliphatic rings. The Morgan fingerprint density at radius 1 is 1.13 bits per heavy atom. The van der Waals surface area contributed by atoms with Crippen LogP contribution in [0.15, 0.2) is 54.6 Å². The van der Waals surface area contributed by atoms with Crippen LogP contribution in [0.3, 0.4) is 0 Å². The van der Waals surface area contributed by atoms with E-state index in [0.29, 0.717) is 39.4 Å². The maximum atomic E-state index is 12.8. The number of amides is 2. The second-order valence-electron chi connectivity index (χ2n) is 7.50. The topological polar surface area (TPSA) is 71.1 Å². The van der Waals surface area contributed by atoms with E-state index in [0.717, 1.165) is 17.1 Å². The summed E-state index contributed by atoms with van der Waals surface area (Å²) in [6.45, 7) is 5.19. The first-order valence-electron chi connectivity index (χ1n) is 10.7. The zero-order chi connectivity index (χ0) is 22.1. The largest absolute Gasteiger partial charge is 0.494 e. The van der Waals surface area contributed by atoms with E-state index in [-0.39, 0.29) is 18.2 Å². The summed E-state index contributed by atoms with van der Waals surface area (Å²) in [4.78, 5) is 29.1. The van der Waals surface area contributed by atoms with Crippen LogP contribution < -0.4 is 14.8 Å². The molecule has 1 aliphatic heterocycles. The lowest BCUT2D eigenvalue weighted by atomic mass is 10.1. The van der Waals surface area contributed by atoms with Crippen molar-refractivity contribution < 1.29 is 19.1 Å². The second kappa shape index (κ2) is 11.4. The molecule has 7 nitrogen and oxygen atoms in total. The van der Waals surface area contributed by atoms with Crippen molar-refractivity contribution in [3.8, 4) is 11.5 Å². The summed E-state index contributed by atoms with van der Waals surface area (Å²) >= 11 is 0. The molecule has 0 unspecified atom stereocenters. The molecule has 1 atom stereocenters. The number of para-hydroxylation sites is 2. The molecule has 0 spiro atoms. The average Bonchev–Trinajstić information content (AvgIpc) is 2.78. The first-order valence-corrected chi connectivity index (χ1v) is 10.7. The van der Waals surface area contributed by atoms with Crippen LogP contribution in [0.5, 0.6) is 11.5 Å². The SMILES string of the molecule is CCOc1ccccc1CN1CCNC(=O)[C@@H]1CC(=O)N(C)CCOc1ccccc1. The highest BCUT2D eigenvalue weighted by atomic mass is 16.5. The van der Waals surface area contributed by atoms with Gasteiger partial charge in [-0.1, -0.05) is 36.4 Å². The van der Waals surface area contributed by atoms with E-state index in [2.05, 4.69) is 10.2 Å². The van der Waals surface area contributed by atoms with Crippen molar-refractivity contribution in [1.82, 2.24) is 15.1 Å². The van der Waals surface area contributed by atoms with Gasteiger partial charge in [-0.05, 0) is 25.1 Å². The minimum absolute atomic E-state index is 0.0817. The molecule has 0 bridgehead atoms. The van der Waals surface area contributed by atoms with E-state index in [1.165, 1.54) is 0 Å². The van der Waals surface area contributed by atoms with Gasteiger partial charge in [0, 0.05) is 32.2 Å². The standard InChI is InChI=1S/C24H31N3O4/c1-3-30-22-12-8-7-9-19(22)18-27-14-13-25-24(29)21(27)17-23(28)26(2)15-16-31-20-10-5-4-6-11-20/h4-12,21H,3,13-18H2,1-2H3,(H,25,29)/t21-/m0/s1. The van der Waals surface area contributed by atoms with Gasteiger partial charge in [-0.25, -0.2) is 0 Å². The number of ether oxygens (including phenoxy) is 2. The fourth-order valence-corrected chi connectivity index (χ4v) is 3.59. The van der Waals surface area contributed by atoms with E-state index in [9.17, 15) is 9.59 Å². The molecular weight excluding hydrogens is 394 g/mol. The Kier molecular flexibility index (Phi) is 8.29. The summed E-state index contributed by atoms with van der Waals surface area (Å²) in [5, 5.41) is 2.89. The Bertz CT molecular complexity index is 859. The molecule has 1 saturated heterocycles. The highest BCUT2D eigenvalue weighted by Gasteiger charge is 2.32. The van der Waals surface area contributed by atoms with Gasteiger partial charge in [0.15, 0.2) is 0 Å². The summed E-state index contributed by atoms with van der Waals surface area (Å²) in [6.07, 6.45) is 0.129. The molecule has 2 amide bonds. The van der Waals surface area contributed by atoms with Gasteiger partial charge in [-0.2, -0.15) is 0 Å². The Hall–Kier alpha value is -3.06. The number of likely N-dealkylation sites (N-methyl/N-ethyl adjacent to an activating group) is 1. The number of carbonyl (C=O) groups excluding carboxylic acids is 2. The number of hydrogen-bond acceptors (Lipinski definition) is 5. The maximum Gasteiger partial charge on any atom is 0.237 e. The molecule has 2 aromatic rings. The first kappa shape index (κ1) is 22.6. The van der Waals surface area contributed by atoms with Crippen molar-refractivity contribution in [1.29, 1.82) is 0 Å². The van der Waals surface area contributed by atoms with Crippen LogP contribution in [0.25, 0.3) is 0 Å². The lowest BCUT2D eigenvalue weighted by Crippen LogP contribution is -2.56. The normalized spacial score (nSPS) is 16.5. The summed E-state index contributed by atoms with van der Waals surface area (Å²) in [5.74, 6) is 1.40. The highest BCUT2D eigenvalue weighted by molar-refractivity contribution is 5.88. The predicted molar refractivity (Wildman–Crippen MR) is 119 cm³/mol. The predicted octanol–water partition coefficient (Wildman–Crippen LogP) is 2.31. The molecule has 0 aromatic heterocycles. The molecule has 1 N–H and O–H groups in total. The number of hydrogen-bond donors (Lipinski definition) is 1. The lowest BCUT2D eigenvalue weighted by molar-refractivity contribution is -0.138. The van der Waals surface area contributed by atoms with E-state index in [4.69, 9.17) is 9.47 Å². The Labute approximate surface area is 183 Å². The minimum atomic E-state index is -0.506. The smallest absolute Gasteiger partial charge is 0.237 e. The third-order valence-electron chi connectivity index (χ3n) is 5.32. The summed E-state index contributed by atoms with van der Waals surface area (Å²) in [6, 6.07) is 16.8. The number of piperazine rings is 1. The van der Waals surface area contributed by atoms with E-state index >= 15 is 0 Å². The van der Waals surface area contributed by atoms with Gasteiger partial charge in [0.25, 0.3) is 0 Å².